The van der Waals surface area contributed by atoms with Gasteiger partial charge in [0.2, 0.25) is 5.82 Å². The standard InChI is InChI=1S/C36H50F4O/c1-2-3-4-5-11-14-23-41-32-25-29-20-19-28(24-31(29)35(39)36(32)40)30-22-21-27(33(37)34(30)38)16-13-10-8-6-7-9-12-15-26-17-18-26/h21-22,25-26,28H,2-20,23-24H2,1H3. The van der Waals surface area contributed by atoms with Gasteiger partial charge in [-0.1, -0.05) is 109 Å². The number of rotatable bonds is 19. The Labute approximate surface area is 245 Å². The normalized spacial score (nSPS) is 16.7. The zero-order chi connectivity index (χ0) is 29.0. The molecule has 0 heterocycles. The van der Waals surface area contributed by atoms with Crippen LogP contribution in [0.1, 0.15) is 144 Å². The summed E-state index contributed by atoms with van der Waals surface area (Å²) in [5, 5.41) is 0. The van der Waals surface area contributed by atoms with E-state index in [-0.39, 0.29) is 29.2 Å². The Morgan fingerprint density at radius 1 is 0.707 bits per heavy atom. The van der Waals surface area contributed by atoms with Crippen LogP contribution >= 0.6 is 0 Å². The summed E-state index contributed by atoms with van der Waals surface area (Å²) in [6, 6.07) is 4.96. The van der Waals surface area contributed by atoms with Crippen molar-refractivity contribution in [3.05, 3.63) is 63.7 Å². The monoisotopic (exact) mass is 574 g/mol. The fourth-order valence-corrected chi connectivity index (χ4v) is 6.40. The zero-order valence-electron chi connectivity index (χ0n) is 25.2. The predicted molar refractivity (Wildman–Crippen MR) is 160 cm³/mol. The van der Waals surface area contributed by atoms with Crippen LogP contribution in [0.2, 0.25) is 0 Å². The number of fused-ring (bicyclic) bond motifs is 1. The lowest BCUT2D eigenvalue weighted by Gasteiger charge is -2.27. The number of benzene rings is 2. The summed E-state index contributed by atoms with van der Waals surface area (Å²) in [6.07, 6.45) is 20.7. The predicted octanol–water partition coefficient (Wildman–Crippen LogP) is 11.3. The van der Waals surface area contributed by atoms with E-state index < -0.39 is 23.3 Å². The molecule has 2 aromatic carbocycles. The second kappa shape index (κ2) is 16.6. The molecule has 1 nitrogen and oxygen atoms in total. The molecular formula is C36H50F4O. The van der Waals surface area contributed by atoms with Crippen LogP contribution < -0.4 is 4.74 Å². The van der Waals surface area contributed by atoms with E-state index in [9.17, 15) is 4.39 Å². The first-order chi connectivity index (χ1) is 20.0. The maximum Gasteiger partial charge on any atom is 0.200 e. The molecule has 0 aliphatic heterocycles. The van der Waals surface area contributed by atoms with E-state index in [4.69, 9.17) is 4.74 Å². The van der Waals surface area contributed by atoms with Crippen molar-refractivity contribution >= 4 is 0 Å². The second-order valence-electron chi connectivity index (χ2n) is 12.6. The molecule has 1 atom stereocenters. The van der Waals surface area contributed by atoms with Gasteiger partial charge in [-0.2, -0.15) is 4.39 Å². The van der Waals surface area contributed by atoms with Crippen molar-refractivity contribution in [3.63, 3.8) is 0 Å². The minimum atomic E-state index is -0.976. The average molecular weight is 575 g/mol. The SMILES string of the molecule is CCCCCCCCOc1cc2c(c(F)c1F)CC(c1ccc(CCCCCCCCCC3CC3)c(F)c1F)CC2. The lowest BCUT2D eigenvalue weighted by molar-refractivity contribution is 0.283. The zero-order valence-corrected chi connectivity index (χ0v) is 25.2. The largest absolute Gasteiger partial charge is 0.490 e. The Balaban J connectivity index is 1.24. The van der Waals surface area contributed by atoms with Crippen LogP contribution in [0.15, 0.2) is 18.2 Å². The van der Waals surface area contributed by atoms with Gasteiger partial charge >= 0.3 is 0 Å². The smallest absolute Gasteiger partial charge is 0.200 e. The molecule has 0 spiro atoms. The van der Waals surface area contributed by atoms with Crippen molar-refractivity contribution in [2.75, 3.05) is 6.61 Å². The van der Waals surface area contributed by atoms with E-state index >= 15 is 13.2 Å². The lowest BCUT2D eigenvalue weighted by atomic mass is 9.79. The van der Waals surface area contributed by atoms with Gasteiger partial charge in [0.1, 0.15) is 0 Å². The molecule has 0 saturated heterocycles. The molecule has 5 heteroatoms. The topological polar surface area (TPSA) is 9.23 Å². The van der Waals surface area contributed by atoms with Gasteiger partial charge < -0.3 is 4.74 Å². The number of halogens is 4. The van der Waals surface area contributed by atoms with Crippen LogP contribution in [0.5, 0.6) is 5.75 Å². The third-order valence-corrected chi connectivity index (χ3v) is 9.22. The fraction of sp³-hybridized carbons (Fsp3) is 0.667. The highest BCUT2D eigenvalue weighted by molar-refractivity contribution is 5.42. The first-order valence-corrected chi connectivity index (χ1v) is 16.6. The van der Waals surface area contributed by atoms with E-state index in [1.54, 1.807) is 18.2 Å². The van der Waals surface area contributed by atoms with Gasteiger partial charge in [-0.05, 0) is 78.7 Å². The summed E-state index contributed by atoms with van der Waals surface area (Å²) in [4.78, 5) is 0. The molecule has 228 valence electrons. The Hall–Kier alpha value is -2.04. The molecule has 1 fully saturated rings. The number of hydrogen-bond donors (Lipinski definition) is 0. The van der Waals surface area contributed by atoms with Crippen LogP contribution in [0, 0.1) is 29.2 Å². The number of aryl methyl sites for hydroxylation is 2. The van der Waals surface area contributed by atoms with Gasteiger partial charge in [0, 0.05) is 0 Å². The van der Waals surface area contributed by atoms with Crippen molar-refractivity contribution in [2.24, 2.45) is 5.92 Å². The molecule has 41 heavy (non-hydrogen) atoms. The molecule has 0 amide bonds. The third kappa shape index (κ3) is 9.48. The van der Waals surface area contributed by atoms with Gasteiger partial charge in [-0.3, -0.25) is 0 Å². The Morgan fingerprint density at radius 3 is 2.12 bits per heavy atom. The quantitative estimate of drug-likeness (QED) is 0.120. The van der Waals surface area contributed by atoms with Crippen molar-refractivity contribution in [2.45, 2.75) is 141 Å². The molecule has 1 saturated carbocycles. The fourth-order valence-electron chi connectivity index (χ4n) is 6.40. The Bertz CT molecular complexity index is 1090. The van der Waals surface area contributed by atoms with Crippen LogP contribution in [-0.2, 0) is 19.3 Å². The van der Waals surface area contributed by atoms with Gasteiger partial charge in [-0.15, -0.1) is 0 Å². The minimum Gasteiger partial charge on any atom is -0.490 e. The van der Waals surface area contributed by atoms with Crippen LogP contribution in [0.25, 0.3) is 0 Å². The van der Waals surface area contributed by atoms with Crippen LogP contribution in [0.3, 0.4) is 0 Å². The second-order valence-corrected chi connectivity index (χ2v) is 12.6. The summed E-state index contributed by atoms with van der Waals surface area (Å²) < 4.78 is 65.7. The van der Waals surface area contributed by atoms with E-state index in [1.165, 1.54) is 64.2 Å². The maximum absolute atomic E-state index is 15.2. The number of unbranched alkanes of at least 4 members (excludes halogenated alkanes) is 11. The van der Waals surface area contributed by atoms with Gasteiger partial charge in [-0.25, -0.2) is 13.2 Å². The summed E-state index contributed by atoms with van der Waals surface area (Å²) in [5.41, 5.74) is 1.66. The summed E-state index contributed by atoms with van der Waals surface area (Å²) in [7, 11) is 0. The first-order valence-electron chi connectivity index (χ1n) is 16.6. The molecule has 4 rings (SSSR count). The van der Waals surface area contributed by atoms with E-state index in [1.807, 2.05) is 0 Å². The van der Waals surface area contributed by atoms with E-state index in [0.717, 1.165) is 44.4 Å². The van der Waals surface area contributed by atoms with Crippen molar-refractivity contribution < 1.29 is 22.3 Å². The van der Waals surface area contributed by atoms with E-state index in [2.05, 4.69) is 6.92 Å². The average Bonchev–Trinajstić information content (AvgIpc) is 3.81. The van der Waals surface area contributed by atoms with E-state index in [0.29, 0.717) is 37.0 Å². The third-order valence-electron chi connectivity index (χ3n) is 9.22. The van der Waals surface area contributed by atoms with Gasteiger partial charge in [0.15, 0.2) is 23.2 Å². The minimum absolute atomic E-state index is 0.0385. The van der Waals surface area contributed by atoms with Gasteiger partial charge in [0.05, 0.1) is 6.61 Å². The molecule has 0 radical (unpaired) electrons. The van der Waals surface area contributed by atoms with Crippen molar-refractivity contribution in [1.82, 2.24) is 0 Å². The van der Waals surface area contributed by atoms with Crippen LogP contribution in [0.4, 0.5) is 17.6 Å². The summed E-state index contributed by atoms with van der Waals surface area (Å²) in [5.74, 6) is -2.90. The Morgan fingerprint density at radius 2 is 1.39 bits per heavy atom. The van der Waals surface area contributed by atoms with Crippen molar-refractivity contribution in [3.8, 4) is 5.75 Å². The highest BCUT2D eigenvalue weighted by Gasteiger charge is 2.29. The molecule has 1 unspecified atom stereocenters. The molecule has 0 bridgehead atoms. The highest BCUT2D eigenvalue weighted by atomic mass is 19.2. The van der Waals surface area contributed by atoms with Crippen molar-refractivity contribution in [1.29, 1.82) is 0 Å². The number of hydrogen-bond acceptors (Lipinski definition) is 1. The molecular weight excluding hydrogens is 524 g/mol. The molecule has 2 aliphatic rings. The molecule has 0 aromatic heterocycles. The molecule has 0 N–H and O–H groups in total. The molecule has 2 aliphatic carbocycles. The first kappa shape index (κ1) is 31.9. The maximum atomic E-state index is 15.2. The van der Waals surface area contributed by atoms with Gasteiger partial charge in [0.25, 0.3) is 0 Å². The Kier molecular flexibility index (Phi) is 12.9. The lowest BCUT2D eigenvalue weighted by Crippen LogP contribution is -2.18. The molecule has 2 aromatic rings. The number of ether oxygens (including phenoxy) is 1. The van der Waals surface area contributed by atoms with Crippen LogP contribution in [-0.4, -0.2) is 6.61 Å². The summed E-state index contributed by atoms with van der Waals surface area (Å²) in [6.45, 7) is 2.53. The summed E-state index contributed by atoms with van der Waals surface area (Å²) >= 11 is 0. The highest BCUT2D eigenvalue weighted by Crippen LogP contribution is 2.39.